The van der Waals surface area contributed by atoms with E-state index >= 15 is 0 Å². The Labute approximate surface area is 318 Å². The quantitative estimate of drug-likeness (QED) is 0.123. The first-order valence-corrected chi connectivity index (χ1v) is 17.2. The van der Waals surface area contributed by atoms with Gasteiger partial charge in [-0.25, -0.2) is 4.98 Å². The third kappa shape index (κ3) is 5.84. The first-order chi connectivity index (χ1) is 24.9. The maximum Gasteiger partial charge on any atom is 0.148 e. The Morgan fingerprint density at radius 2 is 1.29 bits per heavy atom. The Morgan fingerprint density at radius 1 is 0.615 bits per heavy atom. The number of pyridine rings is 1. The number of hydrogen-bond donors (Lipinski definition) is 0. The van der Waals surface area contributed by atoms with E-state index in [-0.39, 0.29) is 26.5 Å². The minimum atomic E-state index is -0.0173. The van der Waals surface area contributed by atoms with E-state index in [9.17, 15) is 0 Å². The van der Waals surface area contributed by atoms with Crippen LogP contribution in [0.1, 0.15) is 26.3 Å². The fourth-order valence-corrected chi connectivity index (χ4v) is 6.89. The second kappa shape index (κ2) is 13.5. The van der Waals surface area contributed by atoms with Crippen LogP contribution in [-0.2, 0) is 26.5 Å². The molecule has 52 heavy (non-hydrogen) atoms. The third-order valence-corrected chi connectivity index (χ3v) is 9.42. The summed E-state index contributed by atoms with van der Waals surface area (Å²) < 4.78 is 2.24. The van der Waals surface area contributed by atoms with Crippen LogP contribution in [0.2, 0.25) is 0 Å². The van der Waals surface area contributed by atoms with Crippen molar-refractivity contribution < 1.29 is 26.0 Å². The number of aromatic nitrogens is 2. The predicted molar refractivity (Wildman–Crippen MR) is 209 cm³/mol. The summed E-state index contributed by atoms with van der Waals surface area (Å²) in [6, 6.07) is 59.9. The van der Waals surface area contributed by atoms with Crippen LogP contribution in [0.4, 0.5) is 39.8 Å². The molecular formula is C45H36N5OPt-. The van der Waals surface area contributed by atoms with E-state index in [1.165, 1.54) is 5.56 Å². The standard InChI is InChI=1S/C45H35N5O.Pt/c1-45(2,3)32-27-28-46-44(29-32)48-40-22-11-10-21-38(40)39-26-25-36(31-43(39)48)47(33-15-6-4-7-16-33)35-19-14-20-37(30-35)50-42-24-13-12-23-41(42)49(51-50)34-17-8-5-9-18-34;/h4-29H,1-3H3;/q-2;/p+1. The summed E-state index contributed by atoms with van der Waals surface area (Å²) in [5.41, 5.74) is 9.86. The monoisotopic (exact) mass is 857 g/mol. The van der Waals surface area contributed by atoms with E-state index in [0.29, 0.717) is 0 Å². The molecule has 0 bridgehead atoms. The van der Waals surface area contributed by atoms with Gasteiger partial charge in [0.25, 0.3) is 0 Å². The SMILES string of the molecule is CC(C)(C)c1ccnc(-n2c3[c-]c(N(c4[c-]c(N5[OH+]N(c6ccccc6)c6ccccc65)ccc4)c4ccccc4)ccc3c3ccccc32)c1.[Pt]. The Hall–Kier alpha value is -5.68. The van der Waals surface area contributed by atoms with Crippen molar-refractivity contribution in [1.29, 1.82) is 0 Å². The van der Waals surface area contributed by atoms with E-state index in [1.54, 1.807) is 0 Å². The van der Waals surface area contributed by atoms with Crippen molar-refractivity contribution in [3.8, 4) is 5.82 Å². The molecule has 1 aliphatic heterocycles. The number of hydrogen-bond acceptors (Lipinski definition) is 4. The van der Waals surface area contributed by atoms with Gasteiger partial charge in [0.05, 0.1) is 0 Å². The molecule has 9 rings (SSSR count). The molecule has 1 aliphatic rings. The summed E-state index contributed by atoms with van der Waals surface area (Å²) in [5, 5.41) is 6.23. The molecule has 0 amide bonds. The summed E-state index contributed by atoms with van der Waals surface area (Å²) in [7, 11) is 0. The van der Waals surface area contributed by atoms with Crippen LogP contribution < -0.4 is 15.0 Å². The van der Waals surface area contributed by atoms with Crippen molar-refractivity contribution in [3.63, 3.8) is 0 Å². The molecule has 0 aliphatic carbocycles. The van der Waals surface area contributed by atoms with Crippen molar-refractivity contribution in [1.82, 2.24) is 9.55 Å². The van der Waals surface area contributed by atoms with E-state index in [0.717, 1.165) is 67.4 Å². The molecule has 0 unspecified atom stereocenters. The van der Waals surface area contributed by atoms with E-state index < -0.39 is 0 Å². The molecule has 3 heterocycles. The molecule has 7 heteroatoms. The average molecular weight is 858 g/mol. The van der Waals surface area contributed by atoms with Crippen molar-refractivity contribution in [3.05, 3.63) is 176 Å². The molecule has 0 saturated heterocycles. The molecule has 0 fully saturated rings. The first-order valence-electron chi connectivity index (χ1n) is 17.2. The van der Waals surface area contributed by atoms with Gasteiger partial charge in [-0.1, -0.05) is 109 Å². The largest absolute Gasteiger partial charge is 0.358 e. The topological polar surface area (TPSA) is 40.3 Å². The molecule has 258 valence electrons. The van der Waals surface area contributed by atoms with Gasteiger partial charge in [-0.15, -0.1) is 40.8 Å². The zero-order valence-corrected chi connectivity index (χ0v) is 31.3. The molecule has 1 N–H and O–H groups in total. The van der Waals surface area contributed by atoms with Crippen LogP contribution in [-0.4, -0.2) is 14.5 Å². The number of fused-ring (bicyclic) bond motifs is 4. The Balaban J connectivity index is 0.00000387. The van der Waals surface area contributed by atoms with Crippen molar-refractivity contribution in [2.75, 3.05) is 15.0 Å². The Morgan fingerprint density at radius 3 is 2.06 bits per heavy atom. The second-order valence-corrected chi connectivity index (χ2v) is 13.7. The third-order valence-electron chi connectivity index (χ3n) is 9.42. The molecule has 6 aromatic carbocycles. The molecule has 2 aromatic heterocycles. The van der Waals surface area contributed by atoms with Gasteiger partial charge in [0, 0.05) is 44.2 Å². The van der Waals surface area contributed by atoms with Gasteiger partial charge in [-0.05, 0) is 71.0 Å². The van der Waals surface area contributed by atoms with Crippen LogP contribution in [0.5, 0.6) is 0 Å². The van der Waals surface area contributed by atoms with Crippen LogP contribution >= 0.6 is 0 Å². The van der Waals surface area contributed by atoms with Crippen LogP contribution in [0.3, 0.4) is 0 Å². The first kappa shape index (κ1) is 33.5. The fraction of sp³-hybridized carbons (Fsp3) is 0.0889. The summed E-state index contributed by atoms with van der Waals surface area (Å²) >= 11 is 0. The molecule has 0 saturated carbocycles. The zero-order valence-electron chi connectivity index (χ0n) is 29.0. The molecule has 0 radical (unpaired) electrons. The van der Waals surface area contributed by atoms with Crippen LogP contribution in [0.15, 0.2) is 158 Å². The van der Waals surface area contributed by atoms with Crippen LogP contribution in [0.25, 0.3) is 27.6 Å². The molecule has 6 nitrogen and oxygen atoms in total. The summed E-state index contributed by atoms with van der Waals surface area (Å²) in [6.45, 7) is 6.70. The predicted octanol–water partition coefficient (Wildman–Crippen LogP) is 11.7. The number of anilines is 7. The second-order valence-electron chi connectivity index (χ2n) is 13.7. The maximum absolute atomic E-state index is 5.08. The van der Waals surface area contributed by atoms with Gasteiger partial charge < -0.3 is 9.47 Å². The number of benzene rings is 6. The maximum atomic E-state index is 5.08. The number of rotatable bonds is 6. The van der Waals surface area contributed by atoms with Crippen molar-refractivity contribution >= 4 is 61.6 Å². The van der Waals surface area contributed by atoms with Crippen LogP contribution in [0, 0.1) is 12.1 Å². The number of para-hydroxylation sites is 5. The smallest absolute Gasteiger partial charge is 0.148 e. The van der Waals surface area contributed by atoms with Gasteiger partial charge in [0.15, 0.2) is 0 Å². The average Bonchev–Trinajstić information content (AvgIpc) is 3.72. The molecular weight excluding hydrogens is 822 g/mol. The Kier molecular flexibility index (Phi) is 8.66. The minimum Gasteiger partial charge on any atom is -0.358 e. The molecule has 0 spiro atoms. The number of nitrogens with zero attached hydrogens (tertiary/aromatic N) is 5. The summed E-state index contributed by atoms with van der Waals surface area (Å²) in [6.07, 6.45) is 1.91. The normalized spacial score (nSPS) is 12.6. The molecule has 0 atom stereocenters. The summed E-state index contributed by atoms with van der Waals surface area (Å²) in [4.78, 5) is 12.2. The van der Waals surface area contributed by atoms with Gasteiger partial charge in [-0.2, -0.15) is 17.1 Å². The zero-order chi connectivity index (χ0) is 34.5. The van der Waals surface area contributed by atoms with Gasteiger partial charge in [0.1, 0.15) is 22.9 Å². The minimum absolute atomic E-state index is 0. The molecule has 8 aromatic rings. The fourth-order valence-electron chi connectivity index (χ4n) is 6.89. The Bertz CT molecular complexity index is 2530. The van der Waals surface area contributed by atoms with Gasteiger partial charge >= 0.3 is 0 Å². The van der Waals surface area contributed by atoms with Gasteiger partial charge in [0.2, 0.25) is 0 Å². The summed E-state index contributed by atoms with van der Waals surface area (Å²) in [5.74, 6) is 0.874. The van der Waals surface area contributed by atoms with E-state index in [2.05, 4.69) is 158 Å². The van der Waals surface area contributed by atoms with E-state index in [4.69, 9.17) is 9.92 Å². The van der Waals surface area contributed by atoms with Crippen molar-refractivity contribution in [2.24, 2.45) is 0 Å². The van der Waals surface area contributed by atoms with Crippen molar-refractivity contribution in [2.45, 2.75) is 26.2 Å². The van der Waals surface area contributed by atoms with E-state index in [1.807, 2.05) is 52.7 Å². The van der Waals surface area contributed by atoms with Gasteiger partial charge in [-0.3, -0.25) is 0 Å².